The Kier molecular flexibility index (Phi) is 7.05. The molecule has 3 heteroatoms. The number of carbonyl (C=O) groups is 1. The maximum absolute atomic E-state index is 13.5. The van der Waals surface area contributed by atoms with Crippen LogP contribution in [0.15, 0.2) is 18.2 Å². The van der Waals surface area contributed by atoms with Gasteiger partial charge < -0.3 is 4.79 Å². The molecule has 0 atom stereocenters. The lowest BCUT2D eigenvalue weighted by Crippen LogP contribution is -2.38. The minimum Gasteiger partial charge on any atom is -0.303 e. The topological polar surface area (TPSA) is 17.1 Å². The molecule has 0 aliphatic heterocycles. The SMILES string of the molecule is CCCCCC1CCC(C=O)(C2CCC(c3ccc(F)c(F)c3)CC2)CC1. The third-order valence-corrected chi connectivity index (χ3v) is 7.44. The Morgan fingerprint density at radius 1 is 1.00 bits per heavy atom. The van der Waals surface area contributed by atoms with Gasteiger partial charge in [0.1, 0.15) is 6.29 Å². The standard InChI is InChI=1S/C24H34F2O/c1-2-3-4-5-18-12-14-24(17-27,15-13-18)21-9-6-19(7-10-21)20-8-11-22(25)23(26)16-20/h8,11,16-19,21H,2-7,9-10,12-15H2,1H3. The van der Waals surface area contributed by atoms with Crippen LogP contribution in [0.25, 0.3) is 0 Å². The third kappa shape index (κ3) is 4.78. The normalized spacial score (nSPS) is 31.6. The summed E-state index contributed by atoms with van der Waals surface area (Å²) < 4.78 is 26.7. The van der Waals surface area contributed by atoms with Crippen LogP contribution >= 0.6 is 0 Å². The van der Waals surface area contributed by atoms with E-state index in [4.69, 9.17) is 0 Å². The number of unbranched alkanes of at least 4 members (excludes halogenated alkanes) is 2. The largest absolute Gasteiger partial charge is 0.303 e. The summed E-state index contributed by atoms with van der Waals surface area (Å²) in [4.78, 5) is 12.1. The fourth-order valence-electron chi connectivity index (χ4n) is 5.58. The molecule has 0 radical (unpaired) electrons. The summed E-state index contributed by atoms with van der Waals surface area (Å²) in [6, 6.07) is 4.32. The molecule has 150 valence electrons. The average Bonchev–Trinajstić information content (AvgIpc) is 2.71. The fraction of sp³-hybridized carbons (Fsp3) is 0.708. The van der Waals surface area contributed by atoms with Crippen molar-refractivity contribution in [3.63, 3.8) is 0 Å². The zero-order chi connectivity index (χ0) is 19.3. The second-order valence-electron chi connectivity index (χ2n) is 9.01. The number of halogens is 2. The van der Waals surface area contributed by atoms with Gasteiger partial charge in [-0.25, -0.2) is 8.78 Å². The summed E-state index contributed by atoms with van der Waals surface area (Å²) in [7, 11) is 0. The lowest BCUT2D eigenvalue weighted by molar-refractivity contribution is -0.123. The molecule has 1 aromatic rings. The van der Waals surface area contributed by atoms with E-state index in [-0.39, 0.29) is 5.41 Å². The van der Waals surface area contributed by atoms with Gasteiger partial charge in [0.25, 0.3) is 0 Å². The van der Waals surface area contributed by atoms with Crippen LogP contribution in [0.1, 0.15) is 95.5 Å². The zero-order valence-electron chi connectivity index (χ0n) is 16.7. The lowest BCUT2D eigenvalue weighted by atomic mass is 9.59. The highest BCUT2D eigenvalue weighted by atomic mass is 19.2. The van der Waals surface area contributed by atoms with Crippen molar-refractivity contribution >= 4 is 6.29 Å². The van der Waals surface area contributed by atoms with Gasteiger partial charge >= 0.3 is 0 Å². The van der Waals surface area contributed by atoms with Crippen molar-refractivity contribution < 1.29 is 13.6 Å². The van der Waals surface area contributed by atoms with Gasteiger partial charge in [-0.15, -0.1) is 0 Å². The maximum Gasteiger partial charge on any atom is 0.159 e. The van der Waals surface area contributed by atoms with Gasteiger partial charge in [0.2, 0.25) is 0 Å². The summed E-state index contributed by atoms with van der Waals surface area (Å²) in [5, 5.41) is 0. The van der Waals surface area contributed by atoms with E-state index in [1.165, 1.54) is 56.9 Å². The van der Waals surface area contributed by atoms with Gasteiger partial charge in [-0.05, 0) is 86.8 Å². The third-order valence-electron chi connectivity index (χ3n) is 7.44. The molecule has 0 aromatic heterocycles. The molecule has 27 heavy (non-hydrogen) atoms. The number of carbonyl (C=O) groups excluding carboxylic acids is 1. The van der Waals surface area contributed by atoms with Crippen molar-refractivity contribution in [3.8, 4) is 0 Å². The Bertz CT molecular complexity index is 611. The summed E-state index contributed by atoms with van der Waals surface area (Å²) in [6.45, 7) is 2.24. The van der Waals surface area contributed by atoms with E-state index in [0.29, 0.717) is 11.8 Å². The van der Waals surface area contributed by atoms with Crippen LogP contribution in [0.2, 0.25) is 0 Å². The van der Waals surface area contributed by atoms with Crippen molar-refractivity contribution in [1.82, 2.24) is 0 Å². The molecule has 0 bridgehead atoms. The van der Waals surface area contributed by atoms with E-state index in [0.717, 1.165) is 50.0 Å². The van der Waals surface area contributed by atoms with E-state index in [1.54, 1.807) is 6.07 Å². The van der Waals surface area contributed by atoms with Crippen LogP contribution in [-0.4, -0.2) is 6.29 Å². The van der Waals surface area contributed by atoms with E-state index >= 15 is 0 Å². The summed E-state index contributed by atoms with van der Waals surface area (Å²) in [6.07, 6.45) is 15.0. The quantitative estimate of drug-likeness (QED) is 0.363. The highest BCUT2D eigenvalue weighted by Crippen LogP contribution is 2.51. The molecular weight excluding hydrogens is 342 g/mol. The van der Waals surface area contributed by atoms with Crippen molar-refractivity contribution in [2.45, 2.75) is 89.9 Å². The molecular formula is C24H34F2O. The molecule has 2 aliphatic carbocycles. The molecule has 0 N–H and O–H groups in total. The van der Waals surface area contributed by atoms with Gasteiger partial charge in [-0.3, -0.25) is 0 Å². The number of hydrogen-bond donors (Lipinski definition) is 0. The van der Waals surface area contributed by atoms with Crippen molar-refractivity contribution in [2.24, 2.45) is 17.3 Å². The van der Waals surface area contributed by atoms with Crippen molar-refractivity contribution in [2.75, 3.05) is 0 Å². The first kappa shape index (κ1) is 20.5. The minimum atomic E-state index is -0.775. The van der Waals surface area contributed by atoms with Crippen LogP contribution in [0, 0.1) is 28.9 Å². The number of aldehydes is 1. The second-order valence-corrected chi connectivity index (χ2v) is 9.01. The fourth-order valence-corrected chi connectivity index (χ4v) is 5.58. The monoisotopic (exact) mass is 376 g/mol. The number of benzene rings is 1. The van der Waals surface area contributed by atoms with E-state index < -0.39 is 11.6 Å². The Hall–Kier alpha value is -1.25. The first-order valence-corrected chi connectivity index (χ1v) is 11.0. The van der Waals surface area contributed by atoms with Gasteiger partial charge in [-0.2, -0.15) is 0 Å². The first-order valence-electron chi connectivity index (χ1n) is 11.0. The number of hydrogen-bond acceptors (Lipinski definition) is 1. The molecule has 1 aromatic carbocycles. The van der Waals surface area contributed by atoms with Gasteiger partial charge in [0, 0.05) is 5.41 Å². The Labute approximate surface area is 162 Å². The molecule has 2 saturated carbocycles. The van der Waals surface area contributed by atoms with Crippen molar-refractivity contribution in [3.05, 3.63) is 35.4 Å². The summed E-state index contributed by atoms with van der Waals surface area (Å²) in [5.41, 5.74) is 0.785. The Morgan fingerprint density at radius 3 is 2.30 bits per heavy atom. The molecule has 2 aliphatic rings. The predicted octanol–water partition coefficient (Wildman–Crippen LogP) is 7.19. The van der Waals surface area contributed by atoms with E-state index in [9.17, 15) is 13.6 Å². The Balaban J connectivity index is 1.54. The summed E-state index contributed by atoms with van der Waals surface area (Å²) in [5.74, 6) is 0.0464. The number of rotatable bonds is 7. The molecule has 0 spiro atoms. The highest BCUT2D eigenvalue weighted by molar-refractivity contribution is 5.60. The molecule has 3 rings (SSSR count). The minimum absolute atomic E-state index is 0.125. The molecule has 2 fully saturated rings. The second kappa shape index (κ2) is 9.30. The van der Waals surface area contributed by atoms with Gasteiger partial charge in [0.05, 0.1) is 0 Å². The molecule has 1 nitrogen and oxygen atoms in total. The van der Waals surface area contributed by atoms with Gasteiger partial charge in [-0.1, -0.05) is 38.7 Å². The zero-order valence-corrected chi connectivity index (χ0v) is 16.7. The van der Waals surface area contributed by atoms with Crippen LogP contribution in [0.4, 0.5) is 8.78 Å². The Morgan fingerprint density at radius 2 is 1.70 bits per heavy atom. The summed E-state index contributed by atoms with van der Waals surface area (Å²) >= 11 is 0. The maximum atomic E-state index is 13.5. The van der Waals surface area contributed by atoms with Crippen molar-refractivity contribution in [1.29, 1.82) is 0 Å². The average molecular weight is 377 g/mol. The van der Waals surface area contributed by atoms with E-state index in [1.807, 2.05) is 0 Å². The molecule has 0 heterocycles. The van der Waals surface area contributed by atoms with Crippen LogP contribution < -0.4 is 0 Å². The van der Waals surface area contributed by atoms with Gasteiger partial charge in [0.15, 0.2) is 11.6 Å². The molecule has 0 saturated heterocycles. The van der Waals surface area contributed by atoms with Crippen LogP contribution in [-0.2, 0) is 4.79 Å². The predicted molar refractivity (Wildman–Crippen MR) is 106 cm³/mol. The van der Waals surface area contributed by atoms with Crippen LogP contribution in [0.3, 0.4) is 0 Å². The first-order chi connectivity index (χ1) is 13.1. The smallest absolute Gasteiger partial charge is 0.159 e. The lowest BCUT2D eigenvalue weighted by Gasteiger charge is -2.44. The molecule has 0 amide bonds. The van der Waals surface area contributed by atoms with Crippen LogP contribution in [0.5, 0.6) is 0 Å². The highest BCUT2D eigenvalue weighted by Gasteiger charge is 2.43. The van der Waals surface area contributed by atoms with E-state index in [2.05, 4.69) is 6.92 Å². The molecule has 0 unspecified atom stereocenters.